The fourth-order valence-corrected chi connectivity index (χ4v) is 3.61. The van der Waals surface area contributed by atoms with Crippen molar-refractivity contribution in [3.05, 3.63) is 53.9 Å². The van der Waals surface area contributed by atoms with Crippen LogP contribution in [0.4, 0.5) is 4.79 Å². The average Bonchev–Trinajstić information content (AvgIpc) is 3.31. The van der Waals surface area contributed by atoms with Gasteiger partial charge in [-0.3, -0.25) is 4.68 Å². The molecule has 4 rings (SSSR count). The van der Waals surface area contributed by atoms with Crippen molar-refractivity contribution in [2.45, 2.75) is 50.6 Å². The molecule has 2 fully saturated rings. The predicted octanol–water partition coefficient (Wildman–Crippen LogP) is 2.05. The molecule has 0 unspecified atom stereocenters. The zero-order valence-electron chi connectivity index (χ0n) is 13.5. The van der Waals surface area contributed by atoms with Gasteiger partial charge in [0, 0.05) is 18.9 Å². The summed E-state index contributed by atoms with van der Waals surface area (Å²) in [7, 11) is 0. The predicted molar refractivity (Wildman–Crippen MR) is 89.4 cm³/mol. The molecule has 2 aromatic rings. The summed E-state index contributed by atoms with van der Waals surface area (Å²) < 4.78 is 7.65. The quantitative estimate of drug-likeness (QED) is 0.883. The number of carbonyl (C=O) groups excluding carboxylic acids is 1. The summed E-state index contributed by atoms with van der Waals surface area (Å²) in [6.07, 6.45) is 7.40. The first-order chi connectivity index (χ1) is 11.8. The number of benzene rings is 1. The van der Waals surface area contributed by atoms with Crippen molar-refractivity contribution in [1.29, 1.82) is 0 Å². The minimum Gasteiger partial charge on any atom is -0.373 e. The number of hydrogen-bond donors (Lipinski definition) is 2. The average molecular weight is 326 g/mol. The molecule has 2 aliphatic rings. The number of rotatable bonds is 5. The number of nitrogens with zero attached hydrogens (tertiary/aromatic N) is 2. The van der Waals surface area contributed by atoms with Crippen LogP contribution in [-0.4, -0.2) is 34.1 Å². The minimum atomic E-state index is -0.117. The van der Waals surface area contributed by atoms with Crippen LogP contribution in [0.15, 0.2) is 42.7 Å². The van der Waals surface area contributed by atoms with Crippen LogP contribution in [0.3, 0.4) is 0 Å². The molecule has 3 atom stereocenters. The van der Waals surface area contributed by atoms with Crippen molar-refractivity contribution < 1.29 is 9.53 Å². The van der Waals surface area contributed by atoms with E-state index in [0.29, 0.717) is 12.6 Å². The van der Waals surface area contributed by atoms with Crippen LogP contribution < -0.4 is 10.6 Å². The van der Waals surface area contributed by atoms with E-state index in [2.05, 4.69) is 27.9 Å². The van der Waals surface area contributed by atoms with Gasteiger partial charge in [-0.25, -0.2) is 4.79 Å². The lowest BCUT2D eigenvalue weighted by atomic mass is 9.96. The Kier molecular flexibility index (Phi) is 4.21. The lowest BCUT2D eigenvalue weighted by Gasteiger charge is -2.20. The maximum atomic E-state index is 12.1. The van der Waals surface area contributed by atoms with Crippen LogP contribution in [0, 0.1) is 0 Å². The first-order valence-corrected chi connectivity index (χ1v) is 8.51. The van der Waals surface area contributed by atoms with E-state index in [1.807, 2.05) is 29.1 Å². The van der Waals surface area contributed by atoms with Crippen molar-refractivity contribution >= 4 is 6.03 Å². The van der Waals surface area contributed by atoms with E-state index >= 15 is 0 Å². The van der Waals surface area contributed by atoms with Crippen LogP contribution in [0.1, 0.15) is 30.4 Å². The third-order valence-electron chi connectivity index (χ3n) is 4.77. The molecule has 0 aliphatic carbocycles. The molecule has 1 aromatic carbocycles. The van der Waals surface area contributed by atoms with Gasteiger partial charge in [0.25, 0.3) is 0 Å². The van der Waals surface area contributed by atoms with E-state index in [4.69, 9.17) is 4.74 Å². The van der Waals surface area contributed by atoms with Crippen LogP contribution in [0.25, 0.3) is 0 Å². The molecule has 24 heavy (non-hydrogen) atoms. The number of hydrogen-bond acceptors (Lipinski definition) is 3. The highest BCUT2D eigenvalue weighted by Crippen LogP contribution is 2.34. The number of urea groups is 1. The molecule has 1 aromatic heterocycles. The van der Waals surface area contributed by atoms with Crippen molar-refractivity contribution in [3.8, 4) is 0 Å². The van der Waals surface area contributed by atoms with Crippen LogP contribution in [-0.2, 0) is 17.8 Å². The molecule has 6 nitrogen and oxygen atoms in total. The van der Waals surface area contributed by atoms with Gasteiger partial charge in [-0.15, -0.1) is 0 Å². The molecule has 3 heterocycles. The number of amides is 2. The third kappa shape index (κ3) is 3.43. The lowest BCUT2D eigenvalue weighted by molar-refractivity contribution is 0.0981. The van der Waals surface area contributed by atoms with E-state index in [0.717, 1.165) is 31.4 Å². The second-order valence-electron chi connectivity index (χ2n) is 6.57. The largest absolute Gasteiger partial charge is 0.373 e. The summed E-state index contributed by atoms with van der Waals surface area (Å²) in [6.45, 7) is 1.25. The van der Waals surface area contributed by atoms with Gasteiger partial charge in [0.2, 0.25) is 0 Å². The molecule has 0 radical (unpaired) electrons. The summed E-state index contributed by atoms with van der Waals surface area (Å²) >= 11 is 0. The summed E-state index contributed by atoms with van der Waals surface area (Å²) in [5.41, 5.74) is 2.25. The molecule has 2 bridgehead atoms. The summed E-state index contributed by atoms with van der Waals surface area (Å²) in [5, 5.41) is 10.2. The number of aromatic nitrogens is 2. The van der Waals surface area contributed by atoms with Crippen molar-refractivity contribution in [2.75, 3.05) is 0 Å². The Bertz CT molecular complexity index is 701. The minimum absolute atomic E-state index is 0.117. The highest BCUT2D eigenvalue weighted by Gasteiger charge is 2.41. The first-order valence-electron chi connectivity index (χ1n) is 8.51. The Morgan fingerprint density at radius 3 is 2.96 bits per heavy atom. The highest BCUT2D eigenvalue weighted by molar-refractivity contribution is 5.74. The van der Waals surface area contributed by atoms with Gasteiger partial charge in [-0.1, -0.05) is 24.3 Å². The standard InChI is InChI=1S/C18H22N4O2/c23-18(21-16-10-15-5-6-17(16)24-15)19-11-13-3-1-4-14(9-13)12-22-8-2-7-20-22/h1-4,7-9,15-17H,5-6,10-12H2,(H2,19,21,23)/t15-,16+,17-/m1/s1. The molecule has 2 saturated heterocycles. The number of ether oxygens (including phenoxy) is 1. The van der Waals surface area contributed by atoms with Crippen LogP contribution in [0.5, 0.6) is 0 Å². The third-order valence-corrected chi connectivity index (χ3v) is 4.77. The molecule has 6 heteroatoms. The van der Waals surface area contributed by atoms with Crippen molar-refractivity contribution in [1.82, 2.24) is 20.4 Å². The van der Waals surface area contributed by atoms with E-state index in [1.165, 1.54) is 5.56 Å². The topological polar surface area (TPSA) is 68.2 Å². The van der Waals surface area contributed by atoms with E-state index < -0.39 is 0 Å². The Balaban J connectivity index is 1.28. The molecule has 0 saturated carbocycles. The zero-order valence-corrected chi connectivity index (χ0v) is 13.5. The van der Waals surface area contributed by atoms with Gasteiger partial charge in [-0.05, 0) is 36.5 Å². The van der Waals surface area contributed by atoms with Crippen LogP contribution in [0.2, 0.25) is 0 Å². The van der Waals surface area contributed by atoms with E-state index in [-0.39, 0.29) is 18.2 Å². The fourth-order valence-electron chi connectivity index (χ4n) is 3.61. The molecular weight excluding hydrogens is 304 g/mol. The fraction of sp³-hybridized carbons (Fsp3) is 0.444. The molecule has 2 amide bonds. The van der Waals surface area contributed by atoms with E-state index in [9.17, 15) is 4.79 Å². The van der Waals surface area contributed by atoms with Crippen LogP contribution >= 0.6 is 0 Å². The monoisotopic (exact) mass is 326 g/mol. The van der Waals surface area contributed by atoms with Gasteiger partial charge in [0.05, 0.1) is 24.8 Å². The SMILES string of the molecule is O=C(NCc1cccc(Cn2cccn2)c1)N[C@H]1C[C@H]2CC[C@H]1O2. The number of fused-ring (bicyclic) bond motifs is 2. The Morgan fingerprint density at radius 1 is 1.29 bits per heavy atom. The highest BCUT2D eigenvalue weighted by atomic mass is 16.5. The number of nitrogens with one attached hydrogen (secondary N) is 2. The Morgan fingerprint density at radius 2 is 2.21 bits per heavy atom. The van der Waals surface area contributed by atoms with Gasteiger partial charge in [0.1, 0.15) is 0 Å². The zero-order chi connectivity index (χ0) is 16.4. The van der Waals surface area contributed by atoms with Crippen molar-refractivity contribution in [2.24, 2.45) is 0 Å². The Labute approximate surface area is 141 Å². The van der Waals surface area contributed by atoms with Crippen molar-refractivity contribution in [3.63, 3.8) is 0 Å². The second-order valence-corrected chi connectivity index (χ2v) is 6.57. The molecule has 0 spiro atoms. The lowest BCUT2D eigenvalue weighted by Crippen LogP contribution is -2.46. The summed E-state index contributed by atoms with van der Waals surface area (Å²) in [5.74, 6) is 0. The molecular formula is C18H22N4O2. The first kappa shape index (κ1) is 15.2. The summed E-state index contributed by atoms with van der Waals surface area (Å²) in [4.78, 5) is 12.1. The van der Waals surface area contributed by atoms with Gasteiger partial charge < -0.3 is 15.4 Å². The van der Waals surface area contributed by atoms with Gasteiger partial charge in [-0.2, -0.15) is 5.10 Å². The second kappa shape index (κ2) is 6.65. The molecule has 126 valence electrons. The summed E-state index contributed by atoms with van der Waals surface area (Å²) in [6, 6.07) is 10.2. The molecule has 2 N–H and O–H groups in total. The van der Waals surface area contributed by atoms with Gasteiger partial charge >= 0.3 is 6.03 Å². The number of carbonyl (C=O) groups is 1. The molecule has 2 aliphatic heterocycles. The van der Waals surface area contributed by atoms with Gasteiger partial charge in [0.15, 0.2) is 0 Å². The Hall–Kier alpha value is -2.34. The maximum Gasteiger partial charge on any atom is 0.315 e. The van der Waals surface area contributed by atoms with E-state index in [1.54, 1.807) is 6.20 Å². The maximum absolute atomic E-state index is 12.1. The smallest absolute Gasteiger partial charge is 0.315 e. The normalized spacial score (nSPS) is 24.9.